The van der Waals surface area contributed by atoms with Crippen molar-refractivity contribution in [2.45, 2.75) is 30.7 Å². The van der Waals surface area contributed by atoms with E-state index in [-0.39, 0.29) is 16.8 Å². The van der Waals surface area contributed by atoms with E-state index in [1.165, 1.54) is 6.07 Å². The normalized spacial score (nSPS) is 19.4. The van der Waals surface area contributed by atoms with Crippen LogP contribution in [0.3, 0.4) is 0 Å². The number of benzene rings is 1. The van der Waals surface area contributed by atoms with Crippen LogP contribution in [0.2, 0.25) is 0 Å². The molecule has 0 aliphatic carbocycles. The van der Waals surface area contributed by atoms with Crippen molar-refractivity contribution in [1.82, 2.24) is 5.32 Å². The lowest BCUT2D eigenvalue weighted by molar-refractivity contribution is -0.117. The molecule has 1 aromatic rings. The predicted molar refractivity (Wildman–Crippen MR) is 73.9 cm³/mol. The average molecular weight is 282 g/mol. The quantitative estimate of drug-likeness (QED) is 0.870. The summed E-state index contributed by atoms with van der Waals surface area (Å²) in [5.74, 6) is -0.105. The Kier molecular flexibility index (Phi) is 3.91. The van der Waals surface area contributed by atoms with Crippen LogP contribution in [0, 0.1) is 6.92 Å². The third kappa shape index (κ3) is 3.33. The molecule has 0 unspecified atom stereocenters. The SMILES string of the molecule is Cc1ccc(S(C)(=O)=O)cc1NC(=O)[C@@H]1CCCN1. The summed E-state index contributed by atoms with van der Waals surface area (Å²) in [6, 6.07) is 4.58. The smallest absolute Gasteiger partial charge is 0.241 e. The standard InChI is InChI=1S/C13H18N2O3S/c1-9-5-6-10(19(2,17)18)8-12(9)15-13(16)11-4-3-7-14-11/h5-6,8,11,14H,3-4,7H2,1-2H3,(H,15,16)/t11-/m0/s1. The van der Waals surface area contributed by atoms with Crippen molar-refractivity contribution in [3.8, 4) is 0 Å². The van der Waals surface area contributed by atoms with Crippen LogP contribution in [0.25, 0.3) is 0 Å². The minimum Gasteiger partial charge on any atom is -0.324 e. The average Bonchev–Trinajstić information content (AvgIpc) is 2.84. The van der Waals surface area contributed by atoms with Crippen LogP contribution in [0.5, 0.6) is 0 Å². The Morgan fingerprint density at radius 2 is 2.16 bits per heavy atom. The van der Waals surface area contributed by atoms with Gasteiger partial charge >= 0.3 is 0 Å². The van der Waals surface area contributed by atoms with E-state index in [0.29, 0.717) is 5.69 Å². The van der Waals surface area contributed by atoms with Gasteiger partial charge in [0, 0.05) is 11.9 Å². The van der Waals surface area contributed by atoms with E-state index in [4.69, 9.17) is 0 Å². The van der Waals surface area contributed by atoms with Gasteiger partial charge in [0.15, 0.2) is 9.84 Å². The summed E-state index contributed by atoms with van der Waals surface area (Å²) in [6.07, 6.45) is 2.96. The first-order valence-electron chi connectivity index (χ1n) is 6.23. The molecule has 0 bridgehead atoms. The Morgan fingerprint density at radius 3 is 2.74 bits per heavy atom. The van der Waals surface area contributed by atoms with Crippen LogP contribution in [-0.4, -0.2) is 33.2 Å². The highest BCUT2D eigenvalue weighted by atomic mass is 32.2. The third-order valence-electron chi connectivity index (χ3n) is 3.27. The first-order chi connectivity index (χ1) is 8.88. The fourth-order valence-corrected chi connectivity index (χ4v) is 2.74. The van der Waals surface area contributed by atoms with E-state index < -0.39 is 9.84 Å². The van der Waals surface area contributed by atoms with Crippen LogP contribution >= 0.6 is 0 Å². The molecule has 5 nitrogen and oxygen atoms in total. The Labute approximate surface area is 113 Å². The van der Waals surface area contributed by atoms with Crippen LogP contribution in [0.4, 0.5) is 5.69 Å². The van der Waals surface area contributed by atoms with Crippen LogP contribution in [-0.2, 0) is 14.6 Å². The van der Waals surface area contributed by atoms with Gasteiger partial charge in [-0.1, -0.05) is 6.07 Å². The Balaban J connectivity index is 2.22. The first kappa shape index (κ1) is 14.0. The molecule has 0 spiro atoms. The molecule has 1 amide bonds. The molecule has 1 aliphatic rings. The second-order valence-electron chi connectivity index (χ2n) is 4.89. The molecule has 6 heteroatoms. The maximum Gasteiger partial charge on any atom is 0.241 e. The van der Waals surface area contributed by atoms with E-state index in [1.807, 2.05) is 6.92 Å². The number of nitrogens with one attached hydrogen (secondary N) is 2. The molecule has 2 N–H and O–H groups in total. The van der Waals surface area contributed by atoms with Crippen molar-refractivity contribution >= 4 is 21.4 Å². The van der Waals surface area contributed by atoms with Crippen molar-refractivity contribution in [1.29, 1.82) is 0 Å². The molecule has 0 aromatic heterocycles. The van der Waals surface area contributed by atoms with E-state index in [1.54, 1.807) is 12.1 Å². The fourth-order valence-electron chi connectivity index (χ4n) is 2.09. The molecule has 104 valence electrons. The maximum absolute atomic E-state index is 12.0. The molecule has 1 aliphatic heterocycles. The number of sulfone groups is 1. The molecular weight excluding hydrogens is 264 g/mol. The summed E-state index contributed by atoms with van der Waals surface area (Å²) in [6.45, 7) is 2.68. The second kappa shape index (κ2) is 5.30. The number of aryl methyl sites for hydroxylation is 1. The summed E-state index contributed by atoms with van der Waals surface area (Å²) in [5.41, 5.74) is 1.40. The number of hydrogen-bond acceptors (Lipinski definition) is 4. The minimum absolute atomic E-state index is 0.105. The Morgan fingerprint density at radius 1 is 1.42 bits per heavy atom. The summed E-state index contributed by atoms with van der Waals surface area (Å²) in [5, 5.41) is 5.91. The zero-order valence-electron chi connectivity index (χ0n) is 11.1. The number of amides is 1. The first-order valence-corrected chi connectivity index (χ1v) is 8.12. The highest BCUT2D eigenvalue weighted by Gasteiger charge is 2.22. The van der Waals surface area contributed by atoms with Gasteiger partial charge < -0.3 is 10.6 Å². The molecule has 2 rings (SSSR count). The molecule has 0 saturated carbocycles. The lowest BCUT2D eigenvalue weighted by Crippen LogP contribution is -2.35. The molecule has 1 aromatic carbocycles. The molecule has 19 heavy (non-hydrogen) atoms. The van der Waals surface area contributed by atoms with Gasteiger partial charge in [-0.25, -0.2) is 8.42 Å². The van der Waals surface area contributed by atoms with Crippen molar-refractivity contribution < 1.29 is 13.2 Å². The summed E-state index contributed by atoms with van der Waals surface area (Å²) in [7, 11) is -3.26. The zero-order chi connectivity index (χ0) is 14.0. The second-order valence-corrected chi connectivity index (χ2v) is 6.90. The minimum atomic E-state index is -3.26. The third-order valence-corrected chi connectivity index (χ3v) is 4.38. The lowest BCUT2D eigenvalue weighted by Gasteiger charge is -2.13. The number of carbonyl (C=O) groups excluding carboxylic acids is 1. The van der Waals surface area contributed by atoms with Crippen molar-refractivity contribution in [2.24, 2.45) is 0 Å². The number of hydrogen-bond donors (Lipinski definition) is 2. The van der Waals surface area contributed by atoms with Gasteiger partial charge in [-0.15, -0.1) is 0 Å². The summed E-state index contributed by atoms with van der Waals surface area (Å²) >= 11 is 0. The van der Waals surface area contributed by atoms with Gasteiger partial charge in [0.1, 0.15) is 0 Å². The van der Waals surface area contributed by atoms with Crippen LogP contribution < -0.4 is 10.6 Å². The van der Waals surface area contributed by atoms with Crippen LogP contribution in [0.1, 0.15) is 18.4 Å². The van der Waals surface area contributed by atoms with E-state index >= 15 is 0 Å². The summed E-state index contributed by atoms with van der Waals surface area (Å²) < 4.78 is 23.0. The fraction of sp³-hybridized carbons (Fsp3) is 0.462. The number of carbonyl (C=O) groups is 1. The number of rotatable bonds is 3. The molecule has 1 saturated heterocycles. The van der Waals surface area contributed by atoms with Gasteiger partial charge in [-0.2, -0.15) is 0 Å². The Hall–Kier alpha value is -1.40. The Bertz CT molecular complexity index is 590. The van der Waals surface area contributed by atoms with Crippen molar-refractivity contribution in [2.75, 3.05) is 18.1 Å². The van der Waals surface area contributed by atoms with Gasteiger partial charge in [0.25, 0.3) is 0 Å². The molecule has 0 radical (unpaired) electrons. The van der Waals surface area contributed by atoms with Crippen molar-refractivity contribution in [3.63, 3.8) is 0 Å². The maximum atomic E-state index is 12.0. The van der Waals surface area contributed by atoms with Crippen molar-refractivity contribution in [3.05, 3.63) is 23.8 Å². The van der Waals surface area contributed by atoms with Gasteiger partial charge in [-0.3, -0.25) is 4.79 Å². The van der Waals surface area contributed by atoms with Gasteiger partial charge in [-0.05, 0) is 44.0 Å². The van der Waals surface area contributed by atoms with Gasteiger partial charge in [0.05, 0.1) is 10.9 Å². The highest BCUT2D eigenvalue weighted by molar-refractivity contribution is 7.90. The van der Waals surface area contributed by atoms with E-state index in [2.05, 4.69) is 10.6 Å². The van der Waals surface area contributed by atoms with E-state index in [0.717, 1.165) is 31.2 Å². The highest BCUT2D eigenvalue weighted by Crippen LogP contribution is 2.21. The lowest BCUT2D eigenvalue weighted by atomic mass is 10.1. The summed E-state index contributed by atoms with van der Waals surface area (Å²) in [4.78, 5) is 12.2. The van der Waals surface area contributed by atoms with E-state index in [9.17, 15) is 13.2 Å². The molecular formula is C13H18N2O3S. The largest absolute Gasteiger partial charge is 0.324 e. The zero-order valence-corrected chi connectivity index (χ0v) is 11.9. The predicted octanol–water partition coefficient (Wildman–Crippen LogP) is 1.09. The molecule has 1 fully saturated rings. The van der Waals surface area contributed by atoms with Gasteiger partial charge in [0.2, 0.25) is 5.91 Å². The monoisotopic (exact) mass is 282 g/mol. The number of anilines is 1. The topological polar surface area (TPSA) is 75.3 Å². The molecule has 1 atom stereocenters. The molecule has 1 heterocycles. The van der Waals surface area contributed by atoms with Crippen LogP contribution in [0.15, 0.2) is 23.1 Å².